The molecule has 0 aliphatic carbocycles. The van der Waals surface area contributed by atoms with Crippen molar-refractivity contribution in [2.75, 3.05) is 6.54 Å². The SMILES string of the molecule is CCCN=C1N=NC(N)=N1. The average Bonchev–Trinajstić information content (AvgIpc) is 2.31. The molecule has 0 aromatic rings. The molecule has 1 aliphatic heterocycles. The first-order chi connectivity index (χ1) is 4.83. The van der Waals surface area contributed by atoms with Gasteiger partial charge in [0, 0.05) is 6.54 Å². The van der Waals surface area contributed by atoms with E-state index in [1.54, 1.807) is 0 Å². The minimum absolute atomic E-state index is 0.190. The Kier molecular flexibility index (Phi) is 2.09. The number of hydrogen-bond acceptors (Lipinski definition) is 3. The van der Waals surface area contributed by atoms with Crippen molar-refractivity contribution in [3.05, 3.63) is 0 Å². The molecule has 1 heterocycles. The van der Waals surface area contributed by atoms with Gasteiger partial charge in [0.15, 0.2) is 0 Å². The van der Waals surface area contributed by atoms with Gasteiger partial charge in [0.05, 0.1) is 0 Å². The molecule has 0 saturated heterocycles. The van der Waals surface area contributed by atoms with Gasteiger partial charge in [-0.05, 0) is 6.42 Å². The predicted molar refractivity (Wildman–Crippen MR) is 39.1 cm³/mol. The lowest BCUT2D eigenvalue weighted by molar-refractivity contribution is 0.927. The summed E-state index contributed by atoms with van der Waals surface area (Å²) >= 11 is 0. The molecule has 0 bridgehead atoms. The van der Waals surface area contributed by atoms with Gasteiger partial charge >= 0.3 is 0 Å². The van der Waals surface area contributed by atoms with Crippen molar-refractivity contribution >= 4 is 11.9 Å². The second-order valence-electron chi connectivity index (χ2n) is 1.85. The van der Waals surface area contributed by atoms with Crippen LogP contribution in [0.2, 0.25) is 0 Å². The lowest BCUT2D eigenvalue weighted by Gasteiger charge is -1.84. The molecular formula is C5H9N5. The van der Waals surface area contributed by atoms with Crippen molar-refractivity contribution in [2.45, 2.75) is 13.3 Å². The largest absolute Gasteiger partial charge is 0.366 e. The molecule has 0 amide bonds. The molecule has 0 unspecified atom stereocenters. The van der Waals surface area contributed by atoms with Crippen LogP contribution < -0.4 is 5.73 Å². The van der Waals surface area contributed by atoms with Gasteiger partial charge in [-0.1, -0.05) is 6.92 Å². The van der Waals surface area contributed by atoms with E-state index < -0.39 is 0 Å². The summed E-state index contributed by atoms with van der Waals surface area (Å²) in [5.74, 6) is 0.578. The van der Waals surface area contributed by atoms with E-state index in [4.69, 9.17) is 5.73 Å². The van der Waals surface area contributed by atoms with Crippen LogP contribution in [0.3, 0.4) is 0 Å². The van der Waals surface area contributed by atoms with E-state index in [1.807, 2.05) is 6.92 Å². The van der Waals surface area contributed by atoms with Crippen LogP contribution in [-0.2, 0) is 0 Å². The summed E-state index contributed by atoms with van der Waals surface area (Å²) in [5, 5.41) is 7.09. The minimum Gasteiger partial charge on any atom is -0.366 e. The highest BCUT2D eigenvalue weighted by atomic mass is 15.3. The number of hydrogen-bond donors (Lipinski definition) is 1. The van der Waals surface area contributed by atoms with Gasteiger partial charge in [0.1, 0.15) is 0 Å². The maximum atomic E-state index is 5.21. The van der Waals surface area contributed by atoms with Gasteiger partial charge < -0.3 is 5.73 Å². The zero-order valence-corrected chi connectivity index (χ0v) is 5.78. The second kappa shape index (κ2) is 3.05. The number of azo groups is 1. The number of nitrogens with two attached hydrogens (primary N) is 1. The predicted octanol–water partition coefficient (Wildman–Crippen LogP) is 0.533. The van der Waals surface area contributed by atoms with Crippen molar-refractivity contribution in [3.8, 4) is 0 Å². The smallest absolute Gasteiger partial charge is 0.267 e. The molecule has 10 heavy (non-hydrogen) atoms. The second-order valence-corrected chi connectivity index (χ2v) is 1.85. The van der Waals surface area contributed by atoms with Crippen LogP contribution in [0.5, 0.6) is 0 Å². The van der Waals surface area contributed by atoms with Crippen LogP contribution >= 0.6 is 0 Å². The van der Waals surface area contributed by atoms with Crippen LogP contribution in [0.1, 0.15) is 13.3 Å². The summed E-state index contributed by atoms with van der Waals surface area (Å²) in [5.41, 5.74) is 5.21. The summed E-state index contributed by atoms with van der Waals surface area (Å²) in [6.07, 6.45) is 0.981. The zero-order valence-electron chi connectivity index (χ0n) is 5.78. The van der Waals surface area contributed by atoms with Crippen molar-refractivity contribution in [2.24, 2.45) is 25.9 Å². The Morgan fingerprint density at radius 1 is 1.50 bits per heavy atom. The summed E-state index contributed by atoms with van der Waals surface area (Å²) < 4.78 is 0. The van der Waals surface area contributed by atoms with E-state index in [1.165, 1.54) is 0 Å². The van der Waals surface area contributed by atoms with E-state index in [0.717, 1.165) is 13.0 Å². The highest BCUT2D eigenvalue weighted by molar-refractivity contribution is 5.98. The standard InChI is InChI=1S/C5H9N5/c1-2-3-7-5-8-4(6)9-10-5/h2-3H2,1H3,(H2,6,7,8). The summed E-state index contributed by atoms with van der Waals surface area (Å²) in [4.78, 5) is 7.72. The Morgan fingerprint density at radius 2 is 2.30 bits per heavy atom. The Balaban J connectivity index is 2.53. The van der Waals surface area contributed by atoms with Gasteiger partial charge in [-0.2, -0.15) is 4.99 Å². The Hall–Kier alpha value is -1.26. The molecule has 5 heteroatoms. The third kappa shape index (κ3) is 1.61. The molecule has 0 aromatic carbocycles. The molecule has 0 saturated carbocycles. The van der Waals surface area contributed by atoms with E-state index in [0.29, 0.717) is 5.96 Å². The van der Waals surface area contributed by atoms with Crippen LogP contribution in [0.4, 0.5) is 0 Å². The summed E-state index contributed by atoms with van der Waals surface area (Å²) in [6, 6.07) is 0. The van der Waals surface area contributed by atoms with Gasteiger partial charge in [-0.3, -0.25) is 0 Å². The molecule has 1 aliphatic rings. The van der Waals surface area contributed by atoms with Crippen LogP contribution in [0, 0.1) is 0 Å². The van der Waals surface area contributed by atoms with Crippen LogP contribution in [-0.4, -0.2) is 18.5 Å². The lowest BCUT2D eigenvalue weighted by atomic mass is 10.5. The number of nitrogens with zero attached hydrogens (tertiary/aromatic N) is 4. The zero-order chi connectivity index (χ0) is 7.40. The van der Waals surface area contributed by atoms with Gasteiger partial charge in [-0.25, -0.2) is 4.99 Å². The molecule has 0 fully saturated rings. The number of guanidine groups is 2. The first-order valence-electron chi connectivity index (χ1n) is 3.13. The Bertz CT molecular complexity index is 202. The first kappa shape index (κ1) is 6.85. The van der Waals surface area contributed by atoms with Crippen LogP contribution in [0.25, 0.3) is 0 Å². The number of aliphatic imine (C=N–C) groups is 2. The van der Waals surface area contributed by atoms with Crippen molar-refractivity contribution in [1.29, 1.82) is 0 Å². The fourth-order valence-corrected chi connectivity index (χ4v) is 0.522. The first-order valence-corrected chi connectivity index (χ1v) is 3.13. The summed E-state index contributed by atoms with van der Waals surface area (Å²) in [7, 11) is 0. The monoisotopic (exact) mass is 139 g/mol. The van der Waals surface area contributed by atoms with Crippen molar-refractivity contribution in [1.82, 2.24) is 0 Å². The Morgan fingerprint density at radius 3 is 2.80 bits per heavy atom. The molecule has 1 rings (SSSR count). The fourth-order valence-electron chi connectivity index (χ4n) is 0.522. The maximum Gasteiger partial charge on any atom is 0.267 e. The lowest BCUT2D eigenvalue weighted by Crippen LogP contribution is -2.04. The van der Waals surface area contributed by atoms with E-state index >= 15 is 0 Å². The molecular weight excluding hydrogens is 130 g/mol. The van der Waals surface area contributed by atoms with Gasteiger partial charge in [-0.15, -0.1) is 10.2 Å². The molecule has 0 spiro atoms. The summed E-state index contributed by atoms with van der Waals surface area (Å²) in [6.45, 7) is 2.76. The third-order valence-electron chi connectivity index (χ3n) is 0.933. The van der Waals surface area contributed by atoms with E-state index in [-0.39, 0.29) is 5.96 Å². The van der Waals surface area contributed by atoms with E-state index in [2.05, 4.69) is 20.2 Å². The fraction of sp³-hybridized carbons (Fsp3) is 0.600. The van der Waals surface area contributed by atoms with Crippen molar-refractivity contribution in [3.63, 3.8) is 0 Å². The third-order valence-corrected chi connectivity index (χ3v) is 0.933. The molecule has 5 nitrogen and oxygen atoms in total. The van der Waals surface area contributed by atoms with Gasteiger partial charge in [0.2, 0.25) is 5.96 Å². The quantitative estimate of drug-likeness (QED) is 0.595. The van der Waals surface area contributed by atoms with Crippen molar-refractivity contribution < 1.29 is 0 Å². The normalized spacial score (nSPS) is 20.1. The average molecular weight is 139 g/mol. The molecule has 0 aromatic heterocycles. The number of rotatable bonds is 2. The van der Waals surface area contributed by atoms with Gasteiger partial charge in [0.25, 0.3) is 5.96 Å². The Labute approximate surface area is 58.8 Å². The highest BCUT2D eigenvalue weighted by Crippen LogP contribution is 1.95. The maximum absolute atomic E-state index is 5.21. The highest BCUT2D eigenvalue weighted by Gasteiger charge is 2.02. The topological polar surface area (TPSA) is 75.5 Å². The van der Waals surface area contributed by atoms with E-state index in [9.17, 15) is 0 Å². The molecule has 54 valence electrons. The molecule has 0 radical (unpaired) electrons. The minimum atomic E-state index is 0.190. The molecule has 2 N–H and O–H groups in total. The molecule has 0 atom stereocenters. The van der Waals surface area contributed by atoms with Crippen LogP contribution in [0.15, 0.2) is 20.2 Å².